The molecule has 2 atom stereocenters. The molecule has 0 aliphatic carbocycles. The molecule has 2 aliphatic heterocycles. The molecular formula is C17H24N4O4S. The van der Waals surface area contributed by atoms with E-state index in [1.165, 1.54) is 12.1 Å². The van der Waals surface area contributed by atoms with Gasteiger partial charge in [-0.3, -0.25) is 9.59 Å². The second kappa shape index (κ2) is 7.73. The maximum atomic E-state index is 12.8. The molecule has 2 unspecified atom stereocenters. The van der Waals surface area contributed by atoms with Crippen LogP contribution in [-0.4, -0.2) is 63.3 Å². The van der Waals surface area contributed by atoms with Crippen LogP contribution in [0.5, 0.6) is 0 Å². The molecule has 0 bridgehead atoms. The lowest BCUT2D eigenvalue weighted by atomic mass is 9.94. The normalized spacial score (nSPS) is 24.7. The number of piperidine rings is 1. The summed E-state index contributed by atoms with van der Waals surface area (Å²) in [5.41, 5.74) is 0.297. The molecule has 3 N–H and O–H groups in total. The molecule has 1 aromatic rings. The van der Waals surface area contributed by atoms with E-state index in [4.69, 9.17) is 0 Å². The Hall–Kier alpha value is -1.97. The van der Waals surface area contributed by atoms with Crippen molar-refractivity contribution in [1.29, 1.82) is 0 Å². The zero-order valence-electron chi connectivity index (χ0n) is 14.7. The van der Waals surface area contributed by atoms with Crippen LogP contribution in [0.25, 0.3) is 0 Å². The molecule has 2 heterocycles. The Kier molecular flexibility index (Phi) is 5.59. The van der Waals surface area contributed by atoms with Crippen molar-refractivity contribution in [2.75, 3.05) is 32.7 Å². The Bertz CT molecular complexity index is 796. The fourth-order valence-electron chi connectivity index (χ4n) is 3.20. The van der Waals surface area contributed by atoms with Gasteiger partial charge in [0.2, 0.25) is 15.9 Å². The number of nitrogens with one attached hydrogen (secondary N) is 3. The number of sulfonamides is 1. The summed E-state index contributed by atoms with van der Waals surface area (Å²) >= 11 is 0. The Labute approximate surface area is 153 Å². The minimum Gasteiger partial charge on any atom is -0.354 e. The first-order valence-electron chi connectivity index (χ1n) is 8.76. The molecule has 0 radical (unpaired) electrons. The molecular weight excluding hydrogens is 356 g/mol. The summed E-state index contributed by atoms with van der Waals surface area (Å²) in [6, 6.07) is 5.98. The first-order valence-corrected chi connectivity index (χ1v) is 10.2. The van der Waals surface area contributed by atoms with E-state index in [9.17, 15) is 18.0 Å². The van der Waals surface area contributed by atoms with Crippen molar-refractivity contribution in [2.24, 2.45) is 5.92 Å². The molecule has 2 fully saturated rings. The predicted octanol–water partition coefficient (Wildman–Crippen LogP) is -0.465. The molecule has 2 amide bonds. The number of carbonyl (C=O) groups is 2. The highest BCUT2D eigenvalue weighted by molar-refractivity contribution is 7.89. The quantitative estimate of drug-likeness (QED) is 0.655. The lowest BCUT2D eigenvalue weighted by Crippen LogP contribution is -2.50. The van der Waals surface area contributed by atoms with Crippen LogP contribution in [0.2, 0.25) is 0 Å². The number of hydrogen-bond acceptors (Lipinski definition) is 5. The number of hydrogen-bond donors (Lipinski definition) is 3. The zero-order valence-corrected chi connectivity index (χ0v) is 15.5. The third kappa shape index (κ3) is 4.05. The average molecular weight is 380 g/mol. The third-order valence-corrected chi connectivity index (χ3v) is 6.72. The Morgan fingerprint density at radius 3 is 2.85 bits per heavy atom. The van der Waals surface area contributed by atoms with Crippen molar-refractivity contribution in [3.05, 3.63) is 29.8 Å². The monoisotopic (exact) mass is 380 g/mol. The van der Waals surface area contributed by atoms with Gasteiger partial charge in [0.25, 0.3) is 5.91 Å². The smallest absolute Gasteiger partial charge is 0.251 e. The van der Waals surface area contributed by atoms with Crippen molar-refractivity contribution in [1.82, 2.24) is 20.3 Å². The third-order valence-electron chi connectivity index (χ3n) is 4.88. The fraction of sp³-hybridized carbons (Fsp3) is 0.529. The van der Waals surface area contributed by atoms with Gasteiger partial charge >= 0.3 is 0 Å². The second-order valence-electron chi connectivity index (χ2n) is 6.77. The molecule has 0 aromatic heterocycles. The summed E-state index contributed by atoms with van der Waals surface area (Å²) in [6.07, 6.45) is 0.983. The van der Waals surface area contributed by atoms with E-state index in [1.807, 2.05) is 0 Å². The lowest BCUT2D eigenvalue weighted by molar-refractivity contribution is -0.122. The van der Waals surface area contributed by atoms with Gasteiger partial charge in [-0.1, -0.05) is 13.0 Å². The van der Waals surface area contributed by atoms with Crippen LogP contribution in [0.1, 0.15) is 23.7 Å². The number of nitrogens with zero attached hydrogens (tertiary/aromatic N) is 1. The molecule has 26 heavy (non-hydrogen) atoms. The van der Waals surface area contributed by atoms with E-state index in [2.05, 4.69) is 22.9 Å². The summed E-state index contributed by atoms with van der Waals surface area (Å²) in [6.45, 7) is 4.02. The Balaban J connectivity index is 1.77. The Morgan fingerprint density at radius 2 is 2.12 bits per heavy atom. The molecule has 1 aromatic carbocycles. The van der Waals surface area contributed by atoms with Gasteiger partial charge in [0.15, 0.2) is 0 Å². The van der Waals surface area contributed by atoms with Crippen molar-refractivity contribution in [2.45, 2.75) is 24.3 Å². The highest BCUT2D eigenvalue weighted by Crippen LogP contribution is 2.18. The summed E-state index contributed by atoms with van der Waals surface area (Å²) in [4.78, 5) is 24.1. The largest absolute Gasteiger partial charge is 0.354 e. The van der Waals surface area contributed by atoms with Crippen LogP contribution in [0.15, 0.2) is 29.2 Å². The van der Waals surface area contributed by atoms with Crippen LogP contribution in [0.4, 0.5) is 0 Å². The molecule has 142 valence electrons. The van der Waals surface area contributed by atoms with Gasteiger partial charge in [0, 0.05) is 31.2 Å². The van der Waals surface area contributed by atoms with E-state index >= 15 is 0 Å². The number of piperazine rings is 1. The topological polar surface area (TPSA) is 108 Å². The van der Waals surface area contributed by atoms with Crippen molar-refractivity contribution in [3.63, 3.8) is 0 Å². The van der Waals surface area contributed by atoms with Crippen molar-refractivity contribution in [3.8, 4) is 0 Å². The molecule has 0 spiro atoms. The van der Waals surface area contributed by atoms with Crippen molar-refractivity contribution < 1.29 is 18.0 Å². The zero-order chi connectivity index (χ0) is 18.7. The Morgan fingerprint density at radius 1 is 1.31 bits per heavy atom. The standard InChI is InChI=1S/C17H24N4O4S/c1-12-5-6-18-10-15(12)20-17(23)13-3-2-4-14(9-13)26(24,25)21-8-7-19-16(22)11-21/h2-4,9,12,15,18H,5-8,10-11H2,1H3,(H,19,22)(H,20,23). The SMILES string of the molecule is CC1CCNCC1NC(=O)c1cccc(S(=O)(=O)N2CCNC(=O)C2)c1. The summed E-state index contributed by atoms with van der Waals surface area (Å²) in [5.74, 6) is -0.259. The molecule has 8 nitrogen and oxygen atoms in total. The van der Waals surface area contributed by atoms with Gasteiger partial charge in [0.05, 0.1) is 11.4 Å². The molecule has 2 aliphatic rings. The molecule has 2 saturated heterocycles. The molecule has 9 heteroatoms. The predicted molar refractivity (Wildman–Crippen MR) is 96.1 cm³/mol. The number of amides is 2. The van der Waals surface area contributed by atoms with E-state index in [1.54, 1.807) is 12.1 Å². The van der Waals surface area contributed by atoms with Crippen LogP contribution < -0.4 is 16.0 Å². The average Bonchev–Trinajstić information content (AvgIpc) is 2.63. The van der Waals surface area contributed by atoms with Gasteiger partial charge in [-0.25, -0.2) is 8.42 Å². The number of carbonyl (C=O) groups excluding carboxylic acids is 2. The molecule has 3 rings (SSSR count). The van der Waals surface area contributed by atoms with Crippen LogP contribution in [0.3, 0.4) is 0 Å². The van der Waals surface area contributed by atoms with Gasteiger partial charge in [-0.2, -0.15) is 4.31 Å². The maximum Gasteiger partial charge on any atom is 0.251 e. The van der Waals surface area contributed by atoms with Crippen LogP contribution in [0, 0.1) is 5.92 Å². The summed E-state index contributed by atoms with van der Waals surface area (Å²) < 4.78 is 26.6. The summed E-state index contributed by atoms with van der Waals surface area (Å²) in [7, 11) is -3.81. The fourth-order valence-corrected chi connectivity index (χ4v) is 4.65. The highest BCUT2D eigenvalue weighted by atomic mass is 32.2. The van der Waals surface area contributed by atoms with E-state index < -0.39 is 10.0 Å². The van der Waals surface area contributed by atoms with Gasteiger partial charge in [-0.15, -0.1) is 0 Å². The van der Waals surface area contributed by atoms with Gasteiger partial charge in [-0.05, 0) is 37.1 Å². The highest BCUT2D eigenvalue weighted by Gasteiger charge is 2.30. The first kappa shape index (κ1) is 18.8. The second-order valence-corrected chi connectivity index (χ2v) is 8.70. The minimum absolute atomic E-state index is 0.0160. The van der Waals surface area contributed by atoms with Crippen LogP contribution in [-0.2, 0) is 14.8 Å². The number of benzene rings is 1. The van der Waals surface area contributed by atoms with Gasteiger partial charge in [0.1, 0.15) is 0 Å². The van der Waals surface area contributed by atoms with Crippen molar-refractivity contribution >= 4 is 21.8 Å². The minimum atomic E-state index is -3.81. The van der Waals surface area contributed by atoms with Gasteiger partial charge < -0.3 is 16.0 Å². The number of rotatable bonds is 4. The summed E-state index contributed by atoms with van der Waals surface area (Å²) in [5, 5.41) is 8.83. The van der Waals surface area contributed by atoms with E-state index in [0.717, 1.165) is 17.3 Å². The molecule has 0 saturated carbocycles. The first-order chi connectivity index (χ1) is 12.4. The van der Waals surface area contributed by atoms with E-state index in [-0.39, 0.29) is 42.4 Å². The lowest BCUT2D eigenvalue weighted by Gasteiger charge is -2.30. The maximum absolute atomic E-state index is 12.8. The van der Waals surface area contributed by atoms with Crippen LogP contribution >= 0.6 is 0 Å². The van der Waals surface area contributed by atoms with E-state index in [0.29, 0.717) is 18.0 Å².